The number of carbonyl (C=O) groups excluding carboxylic acids is 1. The van der Waals surface area contributed by atoms with Gasteiger partial charge in [0.05, 0.1) is 6.04 Å². The molecule has 3 nitrogen and oxygen atoms in total. The normalized spacial score (nSPS) is 20.6. The number of rotatable bonds is 1. The van der Waals surface area contributed by atoms with Crippen LogP contribution >= 0.6 is 0 Å². The van der Waals surface area contributed by atoms with Crippen molar-refractivity contribution >= 4 is 6.03 Å². The monoisotopic (exact) mass is 212 g/mol. The zero-order valence-electron chi connectivity index (χ0n) is 8.13. The minimum atomic E-state index is -0.889. The predicted molar refractivity (Wildman–Crippen MR) is 50.3 cm³/mol. The maximum atomic E-state index is 13.0. The summed E-state index contributed by atoms with van der Waals surface area (Å²) >= 11 is 0. The maximum absolute atomic E-state index is 13.0. The van der Waals surface area contributed by atoms with Crippen molar-refractivity contribution < 1.29 is 13.6 Å². The lowest BCUT2D eigenvalue weighted by atomic mass is 10.1. The molecule has 0 aliphatic carbocycles. The Morgan fingerprint density at radius 2 is 2.13 bits per heavy atom. The van der Waals surface area contributed by atoms with Gasteiger partial charge in [-0.3, -0.25) is 0 Å². The Hall–Kier alpha value is -1.65. The summed E-state index contributed by atoms with van der Waals surface area (Å²) in [6.07, 6.45) is 0. The molecule has 1 aliphatic rings. The van der Waals surface area contributed by atoms with Crippen LogP contribution in [0.3, 0.4) is 0 Å². The van der Waals surface area contributed by atoms with Gasteiger partial charge in [0, 0.05) is 13.6 Å². The smallest absolute Gasteiger partial charge is 0.317 e. The molecule has 1 unspecified atom stereocenters. The maximum Gasteiger partial charge on any atom is 0.317 e. The number of benzene rings is 1. The zero-order valence-corrected chi connectivity index (χ0v) is 8.13. The third kappa shape index (κ3) is 1.65. The molecule has 1 fully saturated rings. The number of amides is 2. The minimum Gasteiger partial charge on any atom is -0.336 e. The topological polar surface area (TPSA) is 32.3 Å². The Morgan fingerprint density at radius 1 is 1.40 bits per heavy atom. The lowest BCUT2D eigenvalue weighted by molar-refractivity contribution is 0.216. The van der Waals surface area contributed by atoms with Crippen LogP contribution in [0.1, 0.15) is 11.6 Å². The van der Waals surface area contributed by atoms with E-state index in [0.29, 0.717) is 12.1 Å². The fourth-order valence-corrected chi connectivity index (χ4v) is 1.65. The van der Waals surface area contributed by atoms with Crippen LogP contribution in [0.2, 0.25) is 0 Å². The van der Waals surface area contributed by atoms with Gasteiger partial charge in [-0.1, -0.05) is 6.07 Å². The van der Waals surface area contributed by atoms with Gasteiger partial charge < -0.3 is 10.2 Å². The fourth-order valence-electron chi connectivity index (χ4n) is 1.65. The van der Waals surface area contributed by atoms with E-state index in [0.717, 1.165) is 12.1 Å². The van der Waals surface area contributed by atoms with Gasteiger partial charge in [-0.25, -0.2) is 13.6 Å². The first kappa shape index (κ1) is 9.89. The average Bonchev–Trinajstić information content (AvgIpc) is 2.53. The predicted octanol–water partition coefficient (Wildman–Crippen LogP) is 1.66. The number of urea groups is 1. The van der Waals surface area contributed by atoms with Crippen LogP contribution in [0, 0.1) is 11.6 Å². The van der Waals surface area contributed by atoms with Crippen molar-refractivity contribution in [3.63, 3.8) is 0 Å². The van der Waals surface area contributed by atoms with E-state index in [-0.39, 0.29) is 12.1 Å². The molecule has 1 aliphatic heterocycles. The molecule has 0 radical (unpaired) electrons. The SMILES string of the molecule is CN1C(=O)NCC1c1ccc(F)c(F)c1. The fraction of sp³-hybridized carbons (Fsp3) is 0.300. The largest absolute Gasteiger partial charge is 0.336 e. The minimum absolute atomic E-state index is 0.204. The number of hydrogen-bond donors (Lipinski definition) is 1. The second-order valence-corrected chi connectivity index (χ2v) is 3.49. The molecule has 1 aromatic rings. The standard InChI is InChI=1S/C10H10F2N2O/c1-14-9(5-13-10(14)15)6-2-3-7(11)8(12)4-6/h2-4,9H,5H2,1H3,(H,13,15). The Kier molecular flexibility index (Phi) is 2.30. The Bertz CT molecular complexity index is 408. The van der Waals surface area contributed by atoms with Gasteiger partial charge in [0.1, 0.15) is 0 Å². The van der Waals surface area contributed by atoms with Crippen LogP contribution < -0.4 is 5.32 Å². The highest BCUT2D eigenvalue weighted by molar-refractivity contribution is 5.76. The number of halogens is 2. The lowest BCUT2D eigenvalue weighted by Crippen LogP contribution is -2.25. The van der Waals surface area contributed by atoms with Crippen molar-refractivity contribution in [2.24, 2.45) is 0 Å². The quantitative estimate of drug-likeness (QED) is 0.754. The van der Waals surface area contributed by atoms with Crippen molar-refractivity contribution in [2.75, 3.05) is 13.6 Å². The van der Waals surface area contributed by atoms with Crippen LogP contribution in [0.25, 0.3) is 0 Å². The molecule has 80 valence electrons. The summed E-state index contributed by atoms with van der Waals surface area (Å²) in [5.74, 6) is -1.76. The highest BCUT2D eigenvalue weighted by Gasteiger charge is 2.28. The van der Waals surface area contributed by atoms with Gasteiger partial charge in [0.15, 0.2) is 11.6 Å². The highest BCUT2D eigenvalue weighted by Crippen LogP contribution is 2.23. The highest BCUT2D eigenvalue weighted by atomic mass is 19.2. The molecule has 1 N–H and O–H groups in total. The van der Waals surface area contributed by atoms with E-state index in [2.05, 4.69) is 5.32 Å². The van der Waals surface area contributed by atoms with Crippen molar-refractivity contribution in [1.82, 2.24) is 10.2 Å². The van der Waals surface area contributed by atoms with Gasteiger partial charge in [-0.05, 0) is 17.7 Å². The van der Waals surface area contributed by atoms with Crippen LogP contribution in [0.15, 0.2) is 18.2 Å². The van der Waals surface area contributed by atoms with Crippen LogP contribution in [-0.4, -0.2) is 24.5 Å². The molecule has 5 heteroatoms. The Balaban J connectivity index is 2.30. The van der Waals surface area contributed by atoms with Crippen LogP contribution in [0.4, 0.5) is 13.6 Å². The molecule has 0 bridgehead atoms. The van der Waals surface area contributed by atoms with E-state index in [4.69, 9.17) is 0 Å². The van der Waals surface area contributed by atoms with Crippen molar-refractivity contribution in [3.8, 4) is 0 Å². The summed E-state index contributed by atoms with van der Waals surface area (Å²) in [5, 5.41) is 2.62. The van der Waals surface area contributed by atoms with Crippen molar-refractivity contribution in [2.45, 2.75) is 6.04 Å². The van der Waals surface area contributed by atoms with Gasteiger partial charge in [-0.15, -0.1) is 0 Å². The summed E-state index contributed by atoms with van der Waals surface area (Å²) in [5.41, 5.74) is 0.592. The van der Waals surface area contributed by atoms with E-state index in [1.807, 2.05) is 0 Å². The second kappa shape index (κ2) is 3.49. The van der Waals surface area contributed by atoms with E-state index in [1.54, 1.807) is 7.05 Å². The van der Waals surface area contributed by atoms with Crippen LogP contribution in [-0.2, 0) is 0 Å². The van der Waals surface area contributed by atoms with Gasteiger partial charge in [-0.2, -0.15) is 0 Å². The number of hydrogen-bond acceptors (Lipinski definition) is 1. The second-order valence-electron chi connectivity index (χ2n) is 3.49. The molecule has 0 aromatic heterocycles. The molecule has 1 heterocycles. The Labute approximate surface area is 85.7 Å². The van der Waals surface area contributed by atoms with E-state index >= 15 is 0 Å². The van der Waals surface area contributed by atoms with Crippen LogP contribution in [0.5, 0.6) is 0 Å². The molecule has 2 amide bonds. The molecular formula is C10H10F2N2O. The summed E-state index contributed by atoms with van der Waals surface area (Å²) in [7, 11) is 1.62. The van der Waals surface area contributed by atoms with Gasteiger partial charge >= 0.3 is 6.03 Å². The van der Waals surface area contributed by atoms with E-state index in [1.165, 1.54) is 11.0 Å². The lowest BCUT2D eigenvalue weighted by Gasteiger charge is -2.18. The third-order valence-electron chi connectivity index (χ3n) is 2.56. The summed E-state index contributed by atoms with van der Waals surface area (Å²) in [4.78, 5) is 12.6. The summed E-state index contributed by atoms with van der Waals surface area (Å²) in [6.45, 7) is 0.417. The molecular weight excluding hydrogens is 202 g/mol. The molecule has 2 rings (SSSR count). The average molecular weight is 212 g/mol. The zero-order chi connectivity index (χ0) is 11.0. The number of nitrogens with zero attached hydrogens (tertiary/aromatic N) is 1. The molecule has 0 saturated carbocycles. The molecule has 1 aromatic carbocycles. The van der Waals surface area contributed by atoms with Crippen molar-refractivity contribution in [3.05, 3.63) is 35.4 Å². The van der Waals surface area contributed by atoms with Gasteiger partial charge in [0.25, 0.3) is 0 Å². The molecule has 0 spiro atoms. The Morgan fingerprint density at radius 3 is 2.67 bits per heavy atom. The summed E-state index contributed by atoms with van der Waals surface area (Å²) in [6, 6.07) is 3.25. The van der Waals surface area contributed by atoms with E-state index < -0.39 is 11.6 Å². The first-order valence-corrected chi connectivity index (χ1v) is 4.55. The van der Waals surface area contributed by atoms with Gasteiger partial charge in [0.2, 0.25) is 0 Å². The number of likely N-dealkylation sites (N-methyl/N-ethyl adjacent to an activating group) is 1. The number of carbonyl (C=O) groups is 1. The molecule has 15 heavy (non-hydrogen) atoms. The molecule has 1 saturated heterocycles. The van der Waals surface area contributed by atoms with E-state index in [9.17, 15) is 13.6 Å². The first-order chi connectivity index (χ1) is 7.09. The number of nitrogens with one attached hydrogen (secondary N) is 1. The van der Waals surface area contributed by atoms with Crippen molar-refractivity contribution in [1.29, 1.82) is 0 Å². The summed E-state index contributed by atoms with van der Waals surface area (Å²) < 4.78 is 25.6. The third-order valence-corrected chi connectivity index (χ3v) is 2.56. The first-order valence-electron chi connectivity index (χ1n) is 4.55. The molecule has 1 atom stereocenters.